The number of hydrogen-bond donors (Lipinski definition) is 0. The molecule has 154 valence electrons. The van der Waals surface area contributed by atoms with Crippen LogP contribution in [0, 0.1) is 3.57 Å². The van der Waals surface area contributed by atoms with Gasteiger partial charge >= 0.3 is 169 Å². The number of benzene rings is 1. The molecule has 0 radical (unpaired) electrons. The Morgan fingerprint density at radius 3 is 1.44 bits per heavy atom. The monoisotopic (exact) mass is 498 g/mol. The molecular weight excluding hydrogens is 469 g/mol. The zero-order chi connectivity index (χ0) is 21.2. The van der Waals surface area contributed by atoms with Crippen LogP contribution in [0.4, 0.5) is 5.72 Å². The van der Waals surface area contributed by atoms with Crippen molar-refractivity contribution in [3.63, 3.8) is 0 Å². The maximum absolute atomic E-state index is 14.1. The summed E-state index contributed by atoms with van der Waals surface area (Å²) in [6.45, 7) is 13.4. The van der Waals surface area contributed by atoms with E-state index in [1.165, 1.54) is 12.1 Å². The zero-order valence-electron chi connectivity index (χ0n) is 17.2. The summed E-state index contributed by atoms with van der Waals surface area (Å²) in [6, 6.07) is 4.62. The van der Waals surface area contributed by atoms with E-state index in [0.29, 0.717) is 0 Å². The van der Waals surface area contributed by atoms with Gasteiger partial charge in [0.05, 0.1) is 0 Å². The van der Waals surface area contributed by atoms with E-state index in [0.717, 1.165) is 0 Å². The summed E-state index contributed by atoms with van der Waals surface area (Å²) >= 11 is -4.51. The fraction of sp³-hybridized carbons (Fsp3) is 0.600. The summed E-state index contributed by atoms with van der Waals surface area (Å²) in [5, 5.41) is 0. The van der Waals surface area contributed by atoms with Crippen molar-refractivity contribution in [3.05, 3.63) is 32.9 Å². The van der Waals surface area contributed by atoms with Crippen LogP contribution in [-0.4, -0.2) is 23.1 Å². The summed E-state index contributed by atoms with van der Waals surface area (Å²) < 4.78 is 38.7. The van der Waals surface area contributed by atoms with E-state index in [2.05, 4.69) is 0 Å². The second-order valence-corrected chi connectivity index (χ2v) is 10.7. The average molecular weight is 498 g/mol. The molecule has 27 heavy (non-hydrogen) atoms. The molecule has 1 aromatic carbocycles. The van der Waals surface area contributed by atoms with Crippen LogP contribution in [-0.2, 0) is 19.1 Å². The summed E-state index contributed by atoms with van der Waals surface area (Å²) in [7, 11) is 0. The third-order valence-electron chi connectivity index (χ3n) is 3.65. The van der Waals surface area contributed by atoms with Crippen molar-refractivity contribution in [1.82, 2.24) is 0 Å². The predicted molar refractivity (Wildman–Crippen MR) is 110 cm³/mol. The van der Waals surface area contributed by atoms with Crippen LogP contribution in [0.2, 0.25) is 0 Å². The molecule has 0 aliphatic carbocycles. The molecule has 1 aromatic rings. The Morgan fingerprint density at radius 2 is 1.19 bits per heavy atom. The van der Waals surface area contributed by atoms with Gasteiger partial charge < -0.3 is 0 Å². The van der Waals surface area contributed by atoms with Crippen LogP contribution in [0.5, 0.6) is 0 Å². The second-order valence-electron chi connectivity index (χ2n) is 8.46. The third-order valence-corrected chi connectivity index (χ3v) is 5.72. The number of hydrogen-bond acceptors (Lipinski definition) is 4. The van der Waals surface area contributed by atoms with Crippen molar-refractivity contribution >= 4 is 32.9 Å². The SMILES string of the molecule is C[C@@H](C(=O)OC(C)(C)C)c1cccc([C@@H](C)C(=O)OC(C)(C)C)c1I(F)F. The van der Waals surface area contributed by atoms with Gasteiger partial charge in [-0.15, -0.1) is 0 Å². The van der Waals surface area contributed by atoms with Gasteiger partial charge in [-0.05, 0) is 0 Å². The molecule has 0 bridgehead atoms. The Morgan fingerprint density at radius 1 is 0.852 bits per heavy atom. The molecule has 0 aliphatic heterocycles. The molecule has 0 spiro atoms. The zero-order valence-corrected chi connectivity index (χ0v) is 19.3. The molecule has 4 nitrogen and oxygen atoms in total. The average Bonchev–Trinajstić information content (AvgIpc) is 2.49. The first kappa shape index (κ1) is 23.8. The first-order valence-electron chi connectivity index (χ1n) is 8.75. The molecule has 0 heterocycles. The number of halogens is 3. The van der Waals surface area contributed by atoms with Gasteiger partial charge in [0.2, 0.25) is 0 Å². The quantitative estimate of drug-likeness (QED) is 0.368. The maximum atomic E-state index is 14.1. The van der Waals surface area contributed by atoms with Gasteiger partial charge in [-0.2, -0.15) is 0 Å². The topological polar surface area (TPSA) is 52.6 Å². The van der Waals surface area contributed by atoms with Crippen LogP contribution in [0.15, 0.2) is 18.2 Å². The molecule has 0 aliphatic rings. The van der Waals surface area contributed by atoms with Crippen molar-refractivity contribution < 1.29 is 24.8 Å². The molecule has 0 N–H and O–H groups in total. The van der Waals surface area contributed by atoms with Crippen molar-refractivity contribution in [2.75, 3.05) is 0 Å². The van der Waals surface area contributed by atoms with E-state index in [1.807, 2.05) is 0 Å². The Bertz CT molecular complexity index is 638. The molecule has 0 aromatic heterocycles. The van der Waals surface area contributed by atoms with E-state index in [1.54, 1.807) is 61.5 Å². The Kier molecular flexibility index (Phi) is 7.78. The Labute approximate surface area is 168 Å². The normalized spacial score (nSPS) is 15.0. The summed E-state index contributed by atoms with van der Waals surface area (Å²) in [6.07, 6.45) is 0. The van der Waals surface area contributed by atoms with Crippen LogP contribution < -0.4 is 0 Å². The molecular formula is C20H29F2IO4. The number of carbonyl (C=O) groups is 2. The van der Waals surface area contributed by atoms with Gasteiger partial charge in [0.15, 0.2) is 0 Å². The van der Waals surface area contributed by atoms with E-state index in [-0.39, 0.29) is 14.7 Å². The van der Waals surface area contributed by atoms with Gasteiger partial charge in [-0.1, -0.05) is 0 Å². The molecule has 0 saturated carbocycles. The van der Waals surface area contributed by atoms with Gasteiger partial charge in [-0.25, -0.2) is 0 Å². The van der Waals surface area contributed by atoms with E-state index in [4.69, 9.17) is 9.47 Å². The van der Waals surface area contributed by atoms with Gasteiger partial charge in [0.25, 0.3) is 0 Å². The van der Waals surface area contributed by atoms with E-state index < -0.39 is 55.9 Å². The first-order valence-corrected chi connectivity index (χ1v) is 11.5. The van der Waals surface area contributed by atoms with Crippen molar-refractivity contribution in [1.29, 1.82) is 0 Å². The summed E-state index contributed by atoms with van der Waals surface area (Å²) in [4.78, 5) is 24.8. The molecule has 1 rings (SSSR count). The minimum atomic E-state index is -4.51. The van der Waals surface area contributed by atoms with Gasteiger partial charge in [0.1, 0.15) is 0 Å². The Balaban J connectivity index is 3.32. The van der Waals surface area contributed by atoms with Crippen LogP contribution in [0.3, 0.4) is 0 Å². The van der Waals surface area contributed by atoms with Crippen LogP contribution >= 0.6 is 21.0 Å². The molecule has 0 unspecified atom stereocenters. The minimum absolute atomic E-state index is 0.154. The fourth-order valence-electron chi connectivity index (χ4n) is 2.44. The van der Waals surface area contributed by atoms with Crippen molar-refractivity contribution in [2.24, 2.45) is 0 Å². The number of carbonyl (C=O) groups excluding carboxylic acids is 2. The molecule has 7 heteroatoms. The van der Waals surface area contributed by atoms with Gasteiger partial charge in [-0.3, -0.25) is 0 Å². The number of esters is 2. The first-order chi connectivity index (χ1) is 12.1. The van der Waals surface area contributed by atoms with Crippen LogP contribution in [0.25, 0.3) is 0 Å². The second kappa shape index (κ2) is 8.84. The molecule has 0 amide bonds. The molecule has 0 fully saturated rings. The molecule has 0 saturated heterocycles. The number of ether oxygens (including phenoxy) is 2. The predicted octanol–water partition coefficient (Wildman–Crippen LogP) is 6.02. The van der Waals surface area contributed by atoms with Gasteiger partial charge in [0, 0.05) is 0 Å². The van der Waals surface area contributed by atoms with E-state index >= 15 is 0 Å². The standard InChI is InChI=1S/C20H29F2IO4/c1-12(17(24)26-19(3,4)5)14-10-9-11-15(16(14)23(21)22)13(2)18(25)27-20(6,7)8/h9-13H,1-8H3/t12-,13-/m1/s1. The summed E-state index contributed by atoms with van der Waals surface area (Å²) in [5.41, 5.74) is -0.965. The summed E-state index contributed by atoms with van der Waals surface area (Å²) in [5.74, 6) is -2.83. The van der Waals surface area contributed by atoms with E-state index in [9.17, 15) is 15.3 Å². The molecule has 2 atom stereocenters. The number of rotatable bonds is 5. The fourth-order valence-corrected chi connectivity index (χ4v) is 4.67. The Hall–Kier alpha value is -1.25. The van der Waals surface area contributed by atoms with Crippen molar-refractivity contribution in [3.8, 4) is 0 Å². The third kappa shape index (κ3) is 7.01. The van der Waals surface area contributed by atoms with Crippen LogP contribution in [0.1, 0.15) is 78.4 Å². The van der Waals surface area contributed by atoms with Crippen molar-refractivity contribution in [2.45, 2.75) is 78.4 Å².